The zero-order valence-corrected chi connectivity index (χ0v) is 9.54. The molecule has 1 rings (SSSR count). The second-order valence-corrected chi connectivity index (χ2v) is 3.62. The van der Waals surface area contributed by atoms with Crippen LogP contribution in [0, 0.1) is 6.92 Å². The molecule has 4 nitrogen and oxygen atoms in total. The number of aryl methyl sites for hydroxylation is 1. The summed E-state index contributed by atoms with van der Waals surface area (Å²) >= 11 is 0. The molecule has 84 valence electrons. The molecule has 1 N–H and O–H groups in total. The molecule has 1 aromatic rings. The summed E-state index contributed by atoms with van der Waals surface area (Å²) < 4.78 is 5.15. The number of nitrogens with zero attached hydrogens (tertiary/aromatic N) is 1. The predicted molar refractivity (Wildman–Crippen MR) is 58.9 cm³/mol. The third-order valence-corrected chi connectivity index (χ3v) is 2.32. The van der Waals surface area contributed by atoms with Crippen LogP contribution in [0.25, 0.3) is 0 Å². The molecule has 1 heterocycles. The molecule has 0 spiro atoms. The summed E-state index contributed by atoms with van der Waals surface area (Å²) in [5.41, 5.74) is 0.889. The van der Waals surface area contributed by atoms with E-state index in [2.05, 4.69) is 5.32 Å². The van der Waals surface area contributed by atoms with Crippen LogP contribution in [0.4, 0.5) is 0 Å². The Morgan fingerprint density at radius 1 is 1.60 bits per heavy atom. The Bertz CT molecular complexity index is 320. The molecule has 0 aromatic carbocycles. The van der Waals surface area contributed by atoms with Gasteiger partial charge in [-0.15, -0.1) is 0 Å². The first-order valence-corrected chi connectivity index (χ1v) is 5.11. The van der Waals surface area contributed by atoms with Crippen LogP contribution in [-0.2, 0) is 0 Å². The third kappa shape index (κ3) is 3.09. The van der Waals surface area contributed by atoms with Crippen molar-refractivity contribution < 1.29 is 9.21 Å². The molecule has 0 radical (unpaired) electrons. The van der Waals surface area contributed by atoms with E-state index in [0.717, 1.165) is 25.1 Å². The number of rotatable bonds is 5. The fourth-order valence-corrected chi connectivity index (χ4v) is 1.36. The van der Waals surface area contributed by atoms with Crippen molar-refractivity contribution in [2.45, 2.75) is 13.3 Å². The number of hydrogen-bond acceptors (Lipinski definition) is 3. The monoisotopic (exact) mass is 210 g/mol. The van der Waals surface area contributed by atoms with E-state index in [1.165, 1.54) is 0 Å². The molecule has 1 amide bonds. The maximum Gasteiger partial charge on any atom is 0.289 e. The van der Waals surface area contributed by atoms with Crippen molar-refractivity contribution in [1.82, 2.24) is 10.2 Å². The summed E-state index contributed by atoms with van der Waals surface area (Å²) in [4.78, 5) is 13.5. The Labute approximate surface area is 90.3 Å². The van der Waals surface area contributed by atoms with E-state index in [1.807, 2.05) is 14.0 Å². The highest BCUT2D eigenvalue weighted by Crippen LogP contribution is 2.11. The summed E-state index contributed by atoms with van der Waals surface area (Å²) in [5.74, 6) is 0.399. The first-order valence-electron chi connectivity index (χ1n) is 5.11. The van der Waals surface area contributed by atoms with Crippen LogP contribution in [0.15, 0.2) is 16.7 Å². The van der Waals surface area contributed by atoms with Crippen molar-refractivity contribution in [2.75, 3.05) is 27.2 Å². The Morgan fingerprint density at radius 2 is 2.33 bits per heavy atom. The van der Waals surface area contributed by atoms with Crippen molar-refractivity contribution in [3.8, 4) is 0 Å². The second-order valence-electron chi connectivity index (χ2n) is 3.62. The first kappa shape index (κ1) is 11.8. The molecule has 1 aromatic heterocycles. The summed E-state index contributed by atoms with van der Waals surface area (Å²) in [6.45, 7) is 3.52. The van der Waals surface area contributed by atoms with E-state index < -0.39 is 0 Å². The van der Waals surface area contributed by atoms with E-state index in [9.17, 15) is 4.79 Å². The zero-order valence-electron chi connectivity index (χ0n) is 9.54. The van der Waals surface area contributed by atoms with Crippen LogP contribution in [0.1, 0.15) is 22.5 Å². The molecule has 0 saturated heterocycles. The van der Waals surface area contributed by atoms with Gasteiger partial charge in [0, 0.05) is 19.2 Å². The van der Waals surface area contributed by atoms with Gasteiger partial charge in [-0.3, -0.25) is 4.79 Å². The maximum atomic E-state index is 11.8. The molecular weight excluding hydrogens is 192 g/mol. The molecule has 0 aliphatic heterocycles. The average molecular weight is 210 g/mol. The summed E-state index contributed by atoms with van der Waals surface area (Å²) in [7, 11) is 3.69. The van der Waals surface area contributed by atoms with Crippen LogP contribution in [-0.4, -0.2) is 38.0 Å². The minimum Gasteiger partial charge on any atom is -0.459 e. The SMILES string of the molecule is CNCCCN(C)C(=O)c1occc1C. The minimum absolute atomic E-state index is 0.0476. The lowest BCUT2D eigenvalue weighted by atomic mass is 10.2. The second kappa shape index (κ2) is 5.56. The summed E-state index contributed by atoms with van der Waals surface area (Å²) in [5, 5.41) is 3.05. The lowest BCUT2D eigenvalue weighted by molar-refractivity contribution is 0.0761. The molecule has 0 atom stereocenters. The van der Waals surface area contributed by atoms with Gasteiger partial charge in [0.2, 0.25) is 0 Å². The summed E-state index contributed by atoms with van der Waals surface area (Å²) in [6.07, 6.45) is 2.49. The van der Waals surface area contributed by atoms with Crippen molar-refractivity contribution in [1.29, 1.82) is 0 Å². The molecule has 0 saturated carbocycles. The van der Waals surface area contributed by atoms with E-state index in [0.29, 0.717) is 5.76 Å². The topological polar surface area (TPSA) is 45.5 Å². The third-order valence-electron chi connectivity index (χ3n) is 2.32. The highest BCUT2D eigenvalue weighted by atomic mass is 16.3. The van der Waals surface area contributed by atoms with Crippen LogP contribution in [0.5, 0.6) is 0 Å². The number of carbonyl (C=O) groups is 1. The molecular formula is C11H18N2O2. The van der Waals surface area contributed by atoms with Gasteiger partial charge in [-0.05, 0) is 33.0 Å². The largest absolute Gasteiger partial charge is 0.459 e. The number of nitrogens with one attached hydrogen (secondary N) is 1. The molecule has 0 bridgehead atoms. The molecule has 4 heteroatoms. The van der Waals surface area contributed by atoms with Gasteiger partial charge in [0.15, 0.2) is 5.76 Å². The minimum atomic E-state index is -0.0476. The van der Waals surface area contributed by atoms with E-state index >= 15 is 0 Å². The fraction of sp³-hybridized carbons (Fsp3) is 0.545. The van der Waals surface area contributed by atoms with Crippen molar-refractivity contribution in [3.63, 3.8) is 0 Å². The number of carbonyl (C=O) groups excluding carboxylic acids is 1. The predicted octanol–water partition coefficient (Wildman–Crippen LogP) is 1.27. The highest BCUT2D eigenvalue weighted by molar-refractivity contribution is 5.92. The van der Waals surface area contributed by atoms with E-state index in [1.54, 1.807) is 24.3 Å². The lowest BCUT2D eigenvalue weighted by Crippen LogP contribution is -2.29. The lowest BCUT2D eigenvalue weighted by Gasteiger charge is -2.15. The molecule has 0 aliphatic rings. The van der Waals surface area contributed by atoms with Gasteiger partial charge in [-0.25, -0.2) is 0 Å². The van der Waals surface area contributed by atoms with Crippen LogP contribution in [0.2, 0.25) is 0 Å². The van der Waals surface area contributed by atoms with Gasteiger partial charge in [-0.2, -0.15) is 0 Å². The molecule has 15 heavy (non-hydrogen) atoms. The summed E-state index contributed by atoms with van der Waals surface area (Å²) in [6, 6.07) is 1.80. The number of hydrogen-bond donors (Lipinski definition) is 1. The standard InChI is InChI=1S/C11H18N2O2/c1-9-5-8-15-10(9)11(14)13(3)7-4-6-12-2/h5,8,12H,4,6-7H2,1-3H3. The van der Waals surface area contributed by atoms with Gasteiger partial charge in [0.1, 0.15) is 0 Å². The van der Waals surface area contributed by atoms with Crippen molar-refractivity contribution >= 4 is 5.91 Å². The van der Waals surface area contributed by atoms with Crippen LogP contribution >= 0.6 is 0 Å². The van der Waals surface area contributed by atoms with Gasteiger partial charge < -0.3 is 14.6 Å². The smallest absolute Gasteiger partial charge is 0.289 e. The molecule has 0 unspecified atom stereocenters. The molecule has 0 fully saturated rings. The Balaban J connectivity index is 2.50. The Morgan fingerprint density at radius 3 is 2.87 bits per heavy atom. The van der Waals surface area contributed by atoms with Gasteiger partial charge in [0.25, 0.3) is 5.91 Å². The van der Waals surface area contributed by atoms with Crippen molar-refractivity contribution in [3.05, 3.63) is 23.7 Å². The Hall–Kier alpha value is -1.29. The fourth-order valence-electron chi connectivity index (χ4n) is 1.36. The highest BCUT2D eigenvalue weighted by Gasteiger charge is 2.16. The number of amides is 1. The zero-order chi connectivity index (χ0) is 11.3. The molecule has 0 aliphatic carbocycles. The van der Waals surface area contributed by atoms with Gasteiger partial charge in [-0.1, -0.05) is 0 Å². The van der Waals surface area contributed by atoms with Crippen molar-refractivity contribution in [2.24, 2.45) is 0 Å². The Kier molecular flexibility index (Phi) is 4.37. The van der Waals surface area contributed by atoms with Crippen LogP contribution in [0.3, 0.4) is 0 Å². The van der Waals surface area contributed by atoms with Crippen LogP contribution < -0.4 is 5.32 Å². The number of furan rings is 1. The van der Waals surface area contributed by atoms with Gasteiger partial charge >= 0.3 is 0 Å². The van der Waals surface area contributed by atoms with Gasteiger partial charge in [0.05, 0.1) is 6.26 Å². The van der Waals surface area contributed by atoms with E-state index in [4.69, 9.17) is 4.42 Å². The normalized spacial score (nSPS) is 10.3. The quantitative estimate of drug-likeness (QED) is 0.744. The first-order chi connectivity index (χ1) is 7.16. The average Bonchev–Trinajstić information content (AvgIpc) is 2.63. The van der Waals surface area contributed by atoms with E-state index in [-0.39, 0.29) is 5.91 Å². The maximum absolute atomic E-state index is 11.8.